The van der Waals surface area contributed by atoms with E-state index in [1.54, 1.807) is 24.3 Å². The van der Waals surface area contributed by atoms with Crippen molar-refractivity contribution >= 4 is 33.5 Å². The number of hydrogen-bond donors (Lipinski definition) is 1. The molecule has 1 aromatic rings. The first-order chi connectivity index (χ1) is 12.4. The molecule has 0 radical (unpaired) electrons. The van der Waals surface area contributed by atoms with Gasteiger partial charge in [0.1, 0.15) is 0 Å². The predicted molar refractivity (Wildman–Crippen MR) is 99.5 cm³/mol. The number of amides is 1. The van der Waals surface area contributed by atoms with Gasteiger partial charge >= 0.3 is 5.97 Å². The normalized spacial score (nSPS) is 34.2. The van der Waals surface area contributed by atoms with Crippen LogP contribution in [0.5, 0.6) is 0 Å². The smallest absolute Gasteiger partial charge is 0.312 e. The Labute approximate surface area is 161 Å². The van der Waals surface area contributed by atoms with Crippen molar-refractivity contribution in [3.05, 3.63) is 29.8 Å². The molecule has 4 aliphatic rings. The second-order valence-corrected chi connectivity index (χ2v) is 9.89. The summed E-state index contributed by atoms with van der Waals surface area (Å²) >= 11 is 3.89. The van der Waals surface area contributed by atoms with Crippen LogP contribution < -0.4 is 5.32 Å². The van der Waals surface area contributed by atoms with Crippen molar-refractivity contribution in [1.29, 1.82) is 5.26 Å². The van der Waals surface area contributed by atoms with E-state index in [9.17, 15) is 9.59 Å². The molecule has 136 valence electrons. The van der Waals surface area contributed by atoms with Crippen molar-refractivity contribution in [1.82, 2.24) is 0 Å². The lowest BCUT2D eigenvalue weighted by Gasteiger charge is -2.58. The minimum atomic E-state index is -0.422. The number of rotatable bonds is 4. The molecule has 1 N–H and O–H groups in total. The number of hydrogen-bond acceptors (Lipinski definition) is 4. The molecule has 6 heteroatoms. The zero-order valence-electron chi connectivity index (χ0n) is 14.5. The summed E-state index contributed by atoms with van der Waals surface area (Å²) in [6.45, 7) is -0.290. The standard InChI is InChI=1S/C20H21BrN2O3/c21-20-8-14-4-15(9-20)7-19(6-14,12-20)18(25)26-11-17(24)23-16-3-1-2-13(5-16)10-22/h1-3,5,14-15H,4,6-9,11-12H2,(H,23,24)/t14-,15+,19?,20?. The van der Waals surface area contributed by atoms with Crippen LogP contribution in [0.3, 0.4) is 0 Å². The Bertz CT molecular complexity index is 786. The zero-order chi connectivity index (χ0) is 18.4. The summed E-state index contributed by atoms with van der Waals surface area (Å²) < 4.78 is 5.51. The van der Waals surface area contributed by atoms with Crippen molar-refractivity contribution in [3.63, 3.8) is 0 Å². The highest BCUT2D eigenvalue weighted by Crippen LogP contribution is 2.64. The number of halogens is 1. The van der Waals surface area contributed by atoms with Crippen molar-refractivity contribution in [2.75, 3.05) is 11.9 Å². The molecule has 4 saturated carbocycles. The highest BCUT2D eigenvalue weighted by atomic mass is 79.9. The number of alkyl halides is 1. The van der Waals surface area contributed by atoms with Gasteiger partial charge in [-0.3, -0.25) is 9.59 Å². The second-order valence-electron chi connectivity index (χ2n) is 8.21. The fourth-order valence-electron chi connectivity index (χ4n) is 5.54. The number of carbonyl (C=O) groups excluding carboxylic acids is 2. The van der Waals surface area contributed by atoms with Crippen LogP contribution in [0.4, 0.5) is 5.69 Å². The van der Waals surface area contributed by atoms with Crippen molar-refractivity contribution in [2.24, 2.45) is 17.3 Å². The minimum absolute atomic E-state index is 0.0795. The average Bonchev–Trinajstić information content (AvgIpc) is 2.57. The summed E-state index contributed by atoms with van der Waals surface area (Å²) in [5.74, 6) is 0.569. The Kier molecular flexibility index (Phi) is 4.31. The highest BCUT2D eigenvalue weighted by Gasteiger charge is 2.60. The lowest BCUT2D eigenvalue weighted by molar-refractivity contribution is -0.170. The van der Waals surface area contributed by atoms with E-state index in [-0.39, 0.29) is 22.8 Å². The molecule has 0 saturated heterocycles. The van der Waals surface area contributed by atoms with Gasteiger partial charge < -0.3 is 10.1 Å². The SMILES string of the molecule is N#Cc1cccc(NC(=O)COC(=O)C23C[C@@H]4C[C@@H](CC(Br)(C4)C2)C3)c1. The second kappa shape index (κ2) is 6.38. The molecule has 4 bridgehead atoms. The lowest BCUT2D eigenvalue weighted by atomic mass is 9.49. The number of anilines is 1. The van der Waals surface area contributed by atoms with Crippen molar-refractivity contribution < 1.29 is 14.3 Å². The van der Waals surface area contributed by atoms with E-state index in [4.69, 9.17) is 10.00 Å². The average molecular weight is 417 g/mol. The quantitative estimate of drug-likeness (QED) is 0.598. The molecule has 4 aliphatic carbocycles. The van der Waals surface area contributed by atoms with E-state index in [0.717, 1.165) is 32.1 Å². The molecule has 1 amide bonds. The van der Waals surface area contributed by atoms with Crippen LogP contribution in [-0.4, -0.2) is 22.8 Å². The molecule has 2 unspecified atom stereocenters. The molecule has 0 aromatic heterocycles. The Morgan fingerprint density at radius 1 is 1.27 bits per heavy atom. The first-order valence-electron chi connectivity index (χ1n) is 9.06. The van der Waals surface area contributed by atoms with Crippen molar-refractivity contribution in [2.45, 2.75) is 42.8 Å². The third-order valence-electron chi connectivity index (χ3n) is 6.03. The number of carbonyl (C=O) groups is 2. The van der Waals surface area contributed by atoms with Crippen LogP contribution in [0.1, 0.15) is 44.1 Å². The molecule has 5 nitrogen and oxygen atoms in total. The van der Waals surface area contributed by atoms with E-state index >= 15 is 0 Å². The molecule has 0 spiro atoms. The summed E-state index contributed by atoms with van der Waals surface area (Å²) in [5, 5.41) is 11.6. The largest absolute Gasteiger partial charge is 0.455 e. The maximum atomic E-state index is 12.8. The molecular weight excluding hydrogens is 396 g/mol. The summed E-state index contributed by atoms with van der Waals surface area (Å²) in [7, 11) is 0. The minimum Gasteiger partial charge on any atom is -0.455 e. The fraction of sp³-hybridized carbons (Fsp3) is 0.550. The van der Waals surface area contributed by atoms with Crippen molar-refractivity contribution in [3.8, 4) is 6.07 Å². The highest BCUT2D eigenvalue weighted by molar-refractivity contribution is 9.10. The Morgan fingerprint density at radius 2 is 2.00 bits per heavy atom. The summed E-state index contributed by atoms with van der Waals surface area (Å²) in [4.78, 5) is 25.0. The summed E-state index contributed by atoms with van der Waals surface area (Å²) in [5.41, 5.74) is 0.574. The predicted octanol–water partition coefficient (Wildman–Crippen LogP) is 3.77. The van der Waals surface area contributed by atoms with Gasteiger partial charge in [0, 0.05) is 10.0 Å². The van der Waals surface area contributed by atoms with Crippen LogP contribution in [0.15, 0.2) is 24.3 Å². The number of benzene rings is 1. The monoisotopic (exact) mass is 416 g/mol. The first-order valence-corrected chi connectivity index (χ1v) is 9.85. The van der Waals surface area contributed by atoms with Gasteiger partial charge in [0.05, 0.1) is 17.0 Å². The van der Waals surface area contributed by atoms with Gasteiger partial charge in [0.15, 0.2) is 6.61 Å². The number of nitrogens with one attached hydrogen (secondary N) is 1. The molecule has 5 rings (SSSR count). The Morgan fingerprint density at radius 3 is 2.65 bits per heavy atom. The van der Waals surface area contributed by atoms with E-state index in [0.29, 0.717) is 23.1 Å². The lowest BCUT2D eigenvalue weighted by Crippen LogP contribution is -2.56. The number of nitriles is 1. The molecule has 4 fully saturated rings. The topological polar surface area (TPSA) is 79.2 Å². The van der Waals surface area contributed by atoms with Gasteiger partial charge in [-0.25, -0.2) is 0 Å². The maximum absolute atomic E-state index is 12.8. The van der Waals surface area contributed by atoms with Gasteiger partial charge in [-0.1, -0.05) is 22.0 Å². The van der Waals surface area contributed by atoms with Crippen LogP contribution >= 0.6 is 15.9 Å². The van der Waals surface area contributed by atoms with Gasteiger partial charge in [-0.15, -0.1) is 0 Å². The van der Waals surface area contributed by atoms with Crippen LogP contribution in [0.25, 0.3) is 0 Å². The molecular formula is C20H21BrN2O3. The van der Waals surface area contributed by atoms with E-state index < -0.39 is 5.41 Å². The van der Waals surface area contributed by atoms with Gasteiger partial charge in [0.2, 0.25) is 0 Å². The molecule has 0 aliphatic heterocycles. The van der Waals surface area contributed by atoms with Crippen LogP contribution in [0.2, 0.25) is 0 Å². The molecule has 1 aromatic carbocycles. The fourth-order valence-corrected chi connectivity index (χ4v) is 6.99. The van der Waals surface area contributed by atoms with Gasteiger partial charge in [-0.2, -0.15) is 5.26 Å². The maximum Gasteiger partial charge on any atom is 0.312 e. The molecule has 0 heterocycles. The number of esters is 1. The third-order valence-corrected chi connectivity index (χ3v) is 6.96. The summed E-state index contributed by atoms with van der Waals surface area (Å²) in [6, 6.07) is 8.69. The van der Waals surface area contributed by atoms with Gasteiger partial charge in [-0.05, 0) is 68.6 Å². The first kappa shape index (κ1) is 17.5. The Balaban J connectivity index is 1.37. The van der Waals surface area contributed by atoms with Crippen LogP contribution in [-0.2, 0) is 14.3 Å². The number of nitrogens with zero attached hydrogens (tertiary/aromatic N) is 1. The number of ether oxygens (including phenoxy) is 1. The zero-order valence-corrected chi connectivity index (χ0v) is 16.0. The van der Waals surface area contributed by atoms with E-state index in [1.165, 1.54) is 6.42 Å². The van der Waals surface area contributed by atoms with E-state index in [1.807, 2.05) is 6.07 Å². The Hall–Kier alpha value is -1.87. The summed E-state index contributed by atoms with van der Waals surface area (Å²) in [6.07, 6.45) is 6.11. The van der Waals surface area contributed by atoms with Gasteiger partial charge in [0.25, 0.3) is 5.91 Å². The van der Waals surface area contributed by atoms with E-state index in [2.05, 4.69) is 21.2 Å². The van der Waals surface area contributed by atoms with Crippen LogP contribution in [0, 0.1) is 28.6 Å². The third kappa shape index (κ3) is 3.25. The molecule has 26 heavy (non-hydrogen) atoms. The molecule has 4 atom stereocenters.